The van der Waals surface area contributed by atoms with Crippen molar-refractivity contribution in [2.24, 2.45) is 0 Å². The Morgan fingerprint density at radius 3 is 2.76 bits per heavy atom. The van der Waals surface area contributed by atoms with Gasteiger partial charge in [-0.3, -0.25) is 0 Å². The molecular weight excluding hydrogens is 285 g/mol. The van der Waals surface area contributed by atoms with Gasteiger partial charge in [-0.25, -0.2) is 14.1 Å². The topological polar surface area (TPSA) is 30.7 Å². The summed E-state index contributed by atoms with van der Waals surface area (Å²) >= 11 is 1.58. The number of thiazole rings is 1. The highest BCUT2D eigenvalue weighted by Crippen LogP contribution is 2.26. The highest BCUT2D eigenvalue weighted by Gasteiger charge is 2.08. The molecule has 0 radical (unpaired) electrons. The van der Waals surface area contributed by atoms with Crippen molar-refractivity contribution in [3.05, 3.63) is 66.7 Å². The van der Waals surface area contributed by atoms with E-state index in [-0.39, 0.29) is 5.82 Å². The summed E-state index contributed by atoms with van der Waals surface area (Å²) in [5, 5.41) is 5.13. The first kappa shape index (κ1) is 12.2. The number of hydrogen-bond acceptors (Lipinski definition) is 3. The fourth-order valence-corrected chi connectivity index (χ4v) is 3.10. The normalized spacial score (nSPS) is 11.1. The largest absolute Gasteiger partial charge is 0.218 e. The molecule has 0 N–H and O–H groups in total. The first-order valence-corrected chi connectivity index (χ1v) is 7.28. The van der Waals surface area contributed by atoms with Gasteiger partial charge < -0.3 is 0 Å². The third-order valence-corrected chi connectivity index (χ3v) is 4.25. The molecule has 21 heavy (non-hydrogen) atoms. The third kappa shape index (κ3) is 2.21. The van der Waals surface area contributed by atoms with E-state index < -0.39 is 0 Å². The molecule has 0 unspecified atom stereocenters. The van der Waals surface area contributed by atoms with Gasteiger partial charge in [0.25, 0.3) is 0 Å². The molecule has 0 atom stereocenters. The maximum absolute atomic E-state index is 13.3. The van der Waals surface area contributed by atoms with Gasteiger partial charge in [0.1, 0.15) is 5.82 Å². The standard InChI is InChI=1S/C16H10FN3S/c17-13-5-3-4-11(8-13)12-9-18-20(10-12)16-19-14-6-1-2-7-15(14)21-16/h1-10H. The first-order chi connectivity index (χ1) is 10.3. The van der Waals surface area contributed by atoms with E-state index in [1.54, 1.807) is 28.3 Å². The zero-order chi connectivity index (χ0) is 14.2. The molecule has 0 aliphatic carbocycles. The summed E-state index contributed by atoms with van der Waals surface area (Å²) in [7, 11) is 0. The molecule has 4 aromatic rings. The monoisotopic (exact) mass is 295 g/mol. The molecular formula is C16H10FN3S. The molecule has 0 aliphatic heterocycles. The van der Waals surface area contributed by atoms with Gasteiger partial charge >= 0.3 is 0 Å². The van der Waals surface area contributed by atoms with E-state index in [0.29, 0.717) is 0 Å². The van der Waals surface area contributed by atoms with Crippen LogP contribution < -0.4 is 0 Å². The van der Waals surface area contributed by atoms with Crippen molar-refractivity contribution in [2.45, 2.75) is 0 Å². The molecule has 0 fully saturated rings. The van der Waals surface area contributed by atoms with Crippen LogP contribution in [0.3, 0.4) is 0 Å². The van der Waals surface area contributed by atoms with Gasteiger partial charge in [-0.2, -0.15) is 5.10 Å². The number of para-hydroxylation sites is 1. The zero-order valence-corrected chi connectivity index (χ0v) is 11.7. The van der Waals surface area contributed by atoms with E-state index in [9.17, 15) is 4.39 Å². The van der Waals surface area contributed by atoms with Crippen LogP contribution in [0.4, 0.5) is 4.39 Å². The summed E-state index contributed by atoms with van der Waals surface area (Å²) in [6, 6.07) is 14.5. The van der Waals surface area contributed by atoms with Gasteiger partial charge in [-0.15, -0.1) is 0 Å². The number of benzene rings is 2. The van der Waals surface area contributed by atoms with Gasteiger partial charge in [0, 0.05) is 11.8 Å². The Morgan fingerprint density at radius 2 is 1.90 bits per heavy atom. The maximum atomic E-state index is 13.3. The molecule has 3 nitrogen and oxygen atoms in total. The highest BCUT2D eigenvalue weighted by molar-refractivity contribution is 7.20. The van der Waals surface area contributed by atoms with E-state index in [4.69, 9.17) is 0 Å². The van der Waals surface area contributed by atoms with Crippen molar-refractivity contribution in [3.8, 4) is 16.3 Å². The van der Waals surface area contributed by atoms with Crippen LogP contribution >= 0.6 is 11.3 Å². The number of hydrogen-bond donors (Lipinski definition) is 0. The Kier molecular flexibility index (Phi) is 2.79. The van der Waals surface area contributed by atoms with E-state index in [1.807, 2.05) is 36.5 Å². The quantitative estimate of drug-likeness (QED) is 0.552. The fourth-order valence-electron chi connectivity index (χ4n) is 2.20. The lowest BCUT2D eigenvalue weighted by atomic mass is 10.1. The summed E-state index contributed by atoms with van der Waals surface area (Å²) < 4.78 is 16.1. The summed E-state index contributed by atoms with van der Waals surface area (Å²) in [5.41, 5.74) is 2.64. The number of rotatable bonds is 2. The van der Waals surface area contributed by atoms with Crippen LogP contribution in [-0.4, -0.2) is 14.8 Å². The molecule has 0 spiro atoms. The minimum absolute atomic E-state index is 0.250. The Hall–Kier alpha value is -2.53. The second-order valence-corrected chi connectivity index (χ2v) is 5.66. The average molecular weight is 295 g/mol. The van der Waals surface area contributed by atoms with Crippen LogP contribution in [0.1, 0.15) is 0 Å². The summed E-state index contributed by atoms with van der Waals surface area (Å²) in [4.78, 5) is 4.55. The summed E-state index contributed by atoms with van der Waals surface area (Å²) in [6.07, 6.45) is 3.59. The summed E-state index contributed by atoms with van der Waals surface area (Å²) in [5.74, 6) is -0.250. The highest BCUT2D eigenvalue weighted by atomic mass is 32.1. The van der Waals surface area contributed by atoms with E-state index >= 15 is 0 Å². The minimum atomic E-state index is -0.250. The molecule has 2 aromatic heterocycles. The predicted octanol–water partition coefficient (Wildman–Crippen LogP) is 4.29. The lowest BCUT2D eigenvalue weighted by Crippen LogP contribution is -1.91. The van der Waals surface area contributed by atoms with Crippen molar-refractivity contribution in [3.63, 3.8) is 0 Å². The fraction of sp³-hybridized carbons (Fsp3) is 0. The number of nitrogens with zero attached hydrogens (tertiary/aromatic N) is 3. The third-order valence-electron chi connectivity index (χ3n) is 3.22. The second-order valence-electron chi connectivity index (χ2n) is 4.65. The molecule has 0 amide bonds. The number of fused-ring (bicyclic) bond motifs is 1. The van der Waals surface area contributed by atoms with Crippen LogP contribution in [0, 0.1) is 5.82 Å². The number of aromatic nitrogens is 3. The van der Waals surface area contributed by atoms with Crippen LogP contribution in [0.15, 0.2) is 60.9 Å². The van der Waals surface area contributed by atoms with Crippen LogP contribution in [-0.2, 0) is 0 Å². The van der Waals surface area contributed by atoms with Gasteiger partial charge in [-0.1, -0.05) is 35.6 Å². The zero-order valence-electron chi connectivity index (χ0n) is 10.9. The van der Waals surface area contributed by atoms with Crippen molar-refractivity contribution in [1.29, 1.82) is 0 Å². The number of halogens is 1. The summed E-state index contributed by atoms with van der Waals surface area (Å²) in [6.45, 7) is 0. The Morgan fingerprint density at radius 1 is 1.00 bits per heavy atom. The first-order valence-electron chi connectivity index (χ1n) is 6.46. The maximum Gasteiger partial charge on any atom is 0.211 e. The van der Waals surface area contributed by atoms with E-state index in [0.717, 1.165) is 26.5 Å². The molecule has 4 rings (SSSR count). The van der Waals surface area contributed by atoms with Crippen LogP contribution in [0.25, 0.3) is 26.5 Å². The van der Waals surface area contributed by atoms with Crippen molar-refractivity contribution >= 4 is 21.6 Å². The molecule has 0 bridgehead atoms. The van der Waals surface area contributed by atoms with Gasteiger partial charge in [0.05, 0.1) is 16.4 Å². The van der Waals surface area contributed by atoms with E-state index in [2.05, 4.69) is 10.1 Å². The van der Waals surface area contributed by atoms with Gasteiger partial charge in [-0.05, 0) is 29.8 Å². The van der Waals surface area contributed by atoms with Gasteiger partial charge in [0.15, 0.2) is 0 Å². The molecule has 2 aromatic carbocycles. The average Bonchev–Trinajstić information content (AvgIpc) is 3.14. The predicted molar refractivity (Wildman–Crippen MR) is 82.1 cm³/mol. The second kappa shape index (κ2) is 4.79. The van der Waals surface area contributed by atoms with Crippen LogP contribution in [0.5, 0.6) is 0 Å². The van der Waals surface area contributed by atoms with Crippen molar-refractivity contribution in [2.75, 3.05) is 0 Å². The van der Waals surface area contributed by atoms with Crippen LogP contribution in [0.2, 0.25) is 0 Å². The lowest BCUT2D eigenvalue weighted by molar-refractivity contribution is 0.628. The molecule has 2 heterocycles. The van der Waals surface area contributed by atoms with E-state index in [1.165, 1.54) is 12.1 Å². The van der Waals surface area contributed by atoms with Crippen molar-refractivity contribution < 1.29 is 4.39 Å². The van der Waals surface area contributed by atoms with Crippen molar-refractivity contribution in [1.82, 2.24) is 14.8 Å². The Balaban J connectivity index is 1.77. The molecule has 5 heteroatoms. The molecule has 0 saturated heterocycles. The lowest BCUT2D eigenvalue weighted by Gasteiger charge is -1.96. The Bertz CT molecular complexity index is 893. The molecule has 0 aliphatic rings. The SMILES string of the molecule is Fc1cccc(-c2cnn(-c3nc4ccccc4s3)c2)c1. The minimum Gasteiger partial charge on any atom is -0.218 e. The Labute approximate surface area is 124 Å². The molecule has 0 saturated carbocycles. The van der Waals surface area contributed by atoms with Gasteiger partial charge in [0.2, 0.25) is 5.13 Å². The molecule has 102 valence electrons. The smallest absolute Gasteiger partial charge is 0.211 e.